The van der Waals surface area contributed by atoms with Crippen LogP contribution in [0.1, 0.15) is 90.2 Å². The van der Waals surface area contributed by atoms with Crippen LogP contribution in [0.4, 0.5) is 35.2 Å². The van der Waals surface area contributed by atoms with E-state index in [1.807, 2.05) is 0 Å². The van der Waals surface area contributed by atoms with Crippen molar-refractivity contribution in [3.63, 3.8) is 0 Å². The molecule has 0 spiro atoms. The average Bonchev–Trinajstić information content (AvgIpc) is 3.13. The lowest BCUT2D eigenvalue weighted by molar-refractivity contribution is 0.471. The van der Waals surface area contributed by atoms with Gasteiger partial charge in [0.1, 0.15) is 9.79 Å². The Labute approximate surface area is 338 Å². The number of nitrogens with zero attached hydrogens (tertiary/aromatic N) is 6. The molecule has 304 valence electrons. The van der Waals surface area contributed by atoms with E-state index in [9.17, 15) is 25.9 Å². The van der Waals surface area contributed by atoms with Crippen LogP contribution in [-0.4, -0.2) is 68.9 Å². The maximum atomic E-state index is 12.5. The van der Waals surface area contributed by atoms with Crippen LogP contribution < -0.4 is 21.3 Å². The number of aromatic nitrogens is 6. The highest BCUT2D eigenvalue weighted by molar-refractivity contribution is 7.86. The van der Waals surface area contributed by atoms with Gasteiger partial charge in [0.15, 0.2) is 0 Å². The molecule has 0 bridgehead atoms. The van der Waals surface area contributed by atoms with E-state index in [1.165, 1.54) is 36.4 Å². The first-order chi connectivity index (χ1) is 26.6. The molecule has 2 aromatic heterocycles. The lowest BCUT2D eigenvalue weighted by atomic mass is 9.99. The lowest BCUT2D eigenvalue weighted by Crippen LogP contribution is -2.16. The van der Waals surface area contributed by atoms with Crippen LogP contribution in [0, 0.1) is 11.8 Å². The fourth-order valence-corrected chi connectivity index (χ4v) is 7.45. The summed E-state index contributed by atoms with van der Waals surface area (Å²) in [4.78, 5) is 24.1. The molecule has 0 saturated heterocycles. The van der Waals surface area contributed by atoms with E-state index in [0.29, 0.717) is 24.9 Å². The minimum absolute atomic E-state index is 0.00937. The van der Waals surface area contributed by atoms with Gasteiger partial charge in [0.25, 0.3) is 20.2 Å². The molecule has 4 rings (SSSR count). The highest BCUT2D eigenvalue weighted by Gasteiger charge is 2.19. The molecule has 4 aromatic rings. The molecule has 20 heteroatoms. The first-order valence-electron chi connectivity index (χ1n) is 18.4. The van der Waals surface area contributed by atoms with Gasteiger partial charge >= 0.3 is 0 Å². The number of nitrogens with one attached hydrogen (secondary N) is 4. The Hall–Kier alpha value is -4.20. The standard InChI is InChI=1S/C36H48Cl2N10O6S2/c1-5-9-11-23(7-3)21-39-33-43-31(37)45-35(47-33)41-27-17-15-25(29(19-27)55(49,50)51)13-14-26-16-18-28(20-30(26)56(52,53)54)42-36-46-32(38)44-34(48-36)40-22-24(8-4)12-10-6-2/h13-20,23-24H,5-12,21-22H2,1-4H3,(H,49,50,51)(H,52,53,54)(H2,39,41,43,45,47)(H2,40,42,44,46,48)/b14-13+. The normalized spacial score (nSPS) is 13.1. The largest absolute Gasteiger partial charge is 0.354 e. The zero-order valence-corrected chi connectivity index (χ0v) is 34.8. The molecule has 0 saturated carbocycles. The predicted octanol–water partition coefficient (Wildman–Crippen LogP) is 8.77. The Morgan fingerprint density at radius 2 is 0.982 bits per heavy atom. The van der Waals surface area contributed by atoms with Crippen LogP contribution in [0.3, 0.4) is 0 Å². The third-order valence-corrected chi connectivity index (χ3v) is 11.1. The third-order valence-electron chi connectivity index (χ3n) is 8.94. The van der Waals surface area contributed by atoms with E-state index in [0.717, 1.165) is 63.5 Å². The molecule has 2 aromatic carbocycles. The average molecular weight is 852 g/mol. The summed E-state index contributed by atoms with van der Waals surface area (Å²) in [6, 6.07) is 8.09. The van der Waals surface area contributed by atoms with Crippen LogP contribution in [0.5, 0.6) is 0 Å². The van der Waals surface area contributed by atoms with E-state index >= 15 is 0 Å². The summed E-state index contributed by atoms with van der Waals surface area (Å²) in [5.74, 6) is 1.38. The van der Waals surface area contributed by atoms with E-state index in [-0.39, 0.29) is 56.9 Å². The summed E-state index contributed by atoms with van der Waals surface area (Å²) >= 11 is 12.3. The van der Waals surface area contributed by atoms with E-state index in [4.69, 9.17) is 23.2 Å². The first kappa shape index (κ1) is 44.5. The molecule has 6 N–H and O–H groups in total. The number of halogens is 2. The van der Waals surface area contributed by atoms with Gasteiger partial charge in [0.2, 0.25) is 34.4 Å². The van der Waals surface area contributed by atoms with Crippen molar-refractivity contribution in [3.8, 4) is 0 Å². The maximum absolute atomic E-state index is 12.5. The summed E-state index contributed by atoms with van der Waals surface area (Å²) < 4.78 is 70.3. The fraction of sp³-hybridized carbons (Fsp3) is 0.444. The molecule has 0 fully saturated rings. The zero-order chi connectivity index (χ0) is 40.9. The first-order valence-corrected chi connectivity index (χ1v) is 22.0. The van der Waals surface area contributed by atoms with Gasteiger partial charge in [0, 0.05) is 24.5 Å². The third kappa shape index (κ3) is 13.8. The number of benzene rings is 2. The van der Waals surface area contributed by atoms with Crippen LogP contribution in [0.2, 0.25) is 10.6 Å². The Bertz CT molecular complexity index is 2040. The lowest BCUT2D eigenvalue weighted by Gasteiger charge is -2.15. The summed E-state index contributed by atoms with van der Waals surface area (Å²) in [5.41, 5.74) is 0.417. The number of anilines is 6. The molecule has 0 aliphatic heterocycles. The monoisotopic (exact) mass is 850 g/mol. The summed E-state index contributed by atoms with van der Waals surface area (Å²) in [6.45, 7) is 9.77. The number of hydrogen-bond donors (Lipinski definition) is 6. The quantitative estimate of drug-likeness (QED) is 0.0320. The van der Waals surface area contributed by atoms with Gasteiger partial charge in [-0.25, -0.2) is 0 Å². The van der Waals surface area contributed by atoms with Gasteiger partial charge < -0.3 is 21.3 Å². The van der Waals surface area contributed by atoms with Crippen LogP contribution in [0.15, 0.2) is 46.2 Å². The minimum Gasteiger partial charge on any atom is -0.354 e. The predicted molar refractivity (Wildman–Crippen MR) is 221 cm³/mol. The van der Waals surface area contributed by atoms with Crippen LogP contribution >= 0.6 is 23.2 Å². The highest BCUT2D eigenvalue weighted by Crippen LogP contribution is 2.28. The molecule has 2 heterocycles. The molecule has 56 heavy (non-hydrogen) atoms. The Morgan fingerprint density at radius 3 is 1.32 bits per heavy atom. The van der Waals surface area contributed by atoms with Gasteiger partial charge in [-0.05, 0) is 83.3 Å². The van der Waals surface area contributed by atoms with Crippen molar-refractivity contribution in [3.05, 3.63) is 58.1 Å². The second-order valence-electron chi connectivity index (χ2n) is 13.1. The second kappa shape index (κ2) is 20.8. The zero-order valence-electron chi connectivity index (χ0n) is 31.6. The fourth-order valence-electron chi connectivity index (χ4n) is 5.71. The molecule has 16 nitrogen and oxygen atoms in total. The Kier molecular flexibility index (Phi) is 16.5. The Balaban J connectivity index is 1.55. The highest BCUT2D eigenvalue weighted by atomic mass is 35.5. The van der Waals surface area contributed by atoms with E-state index in [1.54, 1.807) is 0 Å². The molecule has 0 aliphatic carbocycles. The molecule has 0 radical (unpaired) electrons. The molecule has 2 atom stereocenters. The summed E-state index contributed by atoms with van der Waals surface area (Å²) in [7, 11) is -9.59. The molecule has 2 unspecified atom stereocenters. The minimum atomic E-state index is -4.80. The van der Waals surface area contributed by atoms with Gasteiger partial charge in [-0.1, -0.05) is 90.5 Å². The van der Waals surface area contributed by atoms with Crippen LogP contribution in [-0.2, 0) is 20.2 Å². The number of unbranched alkanes of at least 4 members (excludes halogenated alkanes) is 2. The number of hydrogen-bond acceptors (Lipinski definition) is 14. The molecular formula is C36H48Cl2N10O6S2. The van der Waals surface area contributed by atoms with Gasteiger partial charge in [-0.15, -0.1) is 0 Å². The van der Waals surface area contributed by atoms with Crippen molar-refractivity contribution in [2.75, 3.05) is 34.4 Å². The van der Waals surface area contributed by atoms with Crippen molar-refractivity contribution in [2.45, 2.75) is 88.9 Å². The van der Waals surface area contributed by atoms with Gasteiger partial charge in [-0.2, -0.15) is 46.7 Å². The second-order valence-corrected chi connectivity index (χ2v) is 16.6. The van der Waals surface area contributed by atoms with Crippen molar-refractivity contribution < 1.29 is 25.9 Å². The van der Waals surface area contributed by atoms with Crippen molar-refractivity contribution in [1.82, 2.24) is 29.9 Å². The van der Waals surface area contributed by atoms with Crippen molar-refractivity contribution in [1.29, 1.82) is 0 Å². The van der Waals surface area contributed by atoms with Crippen molar-refractivity contribution >= 4 is 90.8 Å². The SMILES string of the molecule is CCCCC(CC)CNc1nc(Cl)nc(Nc2ccc(/C=C/c3ccc(Nc4nc(Cl)nc(NCC(CC)CCCC)n4)cc3S(=O)(=O)O)c(S(=O)(=O)O)c2)n1. The summed E-state index contributed by atoms with van der Waals surface area (Å²) in [5, 5.41) is 12.0. The van der Waals surface area contributed by atoms with Gasteiger partial charge in [0.05, 0.1) is 0 Å². The topological polar surface area (TPSA) is 234 Å². The molecule has 0 aliphatic rings. The van der Waals surface area contributed by atoms with Crippen molar-refractivity contribution in [2.24, 2.45) is 11.8 Å². The molecular weight excluding hydrogens is 804 g/mol. The van der Waals surface area contributed by atoms with E-state index in [2.05, 4.69) is 78.9 Å². The van der Waals surface area contributed by atoms with Crippen LogP contribution in [0.25, 0.3) is 12.2 Å². The maximum Gasteiger partial charge on any atom is 0.295 e. The number of rotatable bonds is 22. The van der Waals surface area contributed by atoms with Gasteiger partial charge in [-0.3, -0.25) is 9.11 Å². The Morgan fingerprint density at radius 1 is 0.607 bits per heavy atom. The van der Waals surface area contributed by atoms with E-state index < -0.39 is 30.0 Å². The summed E-state index contributed by atoms with van der Waals surface area (Å²) in [6.07, 6.45) is 11.0. The molecule has 0 amide bonds. The smallest absolute Gasteiger partial charge is 0.295 e.